The Morgan fingerprint density at radius 1 is 0.490 bits per heavy atom. The molecule has 257 valence electrons. The fraction of sp³-hybridized carbons (Fsp3) is 0.200. The Labute approximate surface area is 285 Å². The maximum Gasteiger partial charge on any atom is 3.00 e. The molecule has 19 heteroatoms. The van der Waals surface area contributed by atoms with Gasteiger partial charge in [0.15, 0.2) is 52.6 Å². The molecule has 0 unspecified atom stereocenters. The second-order valence-electron chi connectivity index (χ2n) is 9.99. The molecule has 0 aliphatic carbocycles. The van der Waals surface area contributed by atoms with Gasteiger partial charge < -0.3 is 60.8 Å². The molecule has 4 rings (SSSR count). The first-order valence-electron chi connectivity index (χ1n) is 13.7. The number of carbonyl (C=O) groups excluding carboxylic acids is 6. The summed E-state index contributed by atoms with van der Waals surface area (Å²) in [6.07, 6.45) is 0. The molecule has 3 atom stereocenters. The van der Waals surface area contributed by atoms with Crippen LogP contribution in [0.1, 0.15) is 31.1 Å². The number of cyclic esters (lactones) is 3. The Bertz CT molecular complexity index is 1580. The van der Waals surface area contributed by atoms with Crippen LogP contribution >= 0.6 is 0 Å². The molecular formula is C30H27FeN3O15+3. The van der Waals surface area contributed by atoms with E-state index < -0.39 is 125 Å². The third-order valence-electron chi connectivity index (χ3n) is 6.72. The molecule has 1 radical (unpaired) electrons. The van der Waals surface area contributed by atoms with Gasteiger partial charge in [-0.3, -0.25) is 14.4 Å². The summed E-state index contributed by atoms with van der Waals surface area (Å²) in [7, 11) is 0. The minimum atomic E-state index is -1.84. The zero-order valence-electron chi connectivity index (χ0n) is 24.8. The molecule has 1 aliphatic rings. The number of nitrogens with one attached hydrogen (secondary N) is 3. The molecule has 18 nitrogen and oxygen atoms in total. The molecule has 0 bridgehead atoms. The molecule has 0 aromatic heterocycles. The number of esters is 3. The molecule has 3 amide bonds. The predicted molar refractivity (Wildman–Crippen MR) is 156 cm³/mol. The summed E-state index contributed by atoms with van der Waals surface area (Å²) >= 11 is 0. The van der Waals surface area contributed by atoms with E-state index in [0.717, 1.165) is 36.4 Å². The number of phenols is 6. The smallest absolute Gasteiger partial charge is 0.504 e. The first-order valence-corrected chi connectivity index (χ1v) is 13.7. The molecule has 9 N–H and O–H groups in total. The van der Waals surface area contributed by atoms with Crippen molar-refractivity contribution in [3.05, 3.63) is 71.3 Å². The van der Waals surface area contributed by atoms with E-state index in [-0.39, 0.29) is 17.1 Å². The number of ether oxygens (including phenoxy) is 3. The van der Waals surface area contributed by atoms with Crippen LogP contribution in [0.5, 0.6) is 34.5 Å². The Balaban J connectivity index is 0.00000650. The average molecular weight is 725 g/mol. The Morgan fingerprint density at radius 2 is 0.735 bits per heavy atom. The van der Waals surface area contributed by atoms with Gasteiger partial charge >= 0.3 is 35.0 Å². The van der Waals surface area contributed by atoms with Gasteiger partial charge in [-0.05, 0) is 36.4 Å². The van der Waals surface area contributed by atoms with Crippen molar-refractivity contribution in [3.63, 3.8) is 0 Å². The minimum Gasteiger partial charge on any atom is -0.504 e. The summed E-state index contributed by atoms with van der Waals surface area (Å²) in [6, 6.07) is 4.64. The van der Waals surface area contributed by atoms with Crippen molar-refractivity contribution in [1.82, 2.24) is 16.0 Å². The van der Waals surface area contributed by atoms with Crippen LogP contribution in [0.4, 0.5) is 0 Å². The van der Waals surface area contributed by atoms with Crippen LogP contribution in [0.2, 0.25) is 0 Å². The fourth-order valence-electron chi connectivity index (χ4n) is 4.16. The zero-order chi connectivity index (χ0) is 35.1. The molecule has 0 saturated carbocycles. The number of para-hydroxylation sites is 3. The van der Waals surface area contributed by atoms with Crippen LogP contribution < -0.4 is 16.0 Å². The third kappa shape index (κ3) is 8.79. The van der Waals surface area contributed by atoms with Crippen molar-refractivity contribution in [2.75, 3.05) is 19.8 Å². The summed E-state index contributed by atoms with van der Waals surface area (Å²) in [6.45, 7) is -2.85. The fourth-order valence-corrected chi connectivity index (χ4v) is 4.16. The molecule has 1 saturated heterocycles. The molecule has 1 heterocycles. The maximum absolute atomic E-state index is 13.1. The van der Waals surface area contributed by atoms with Crippen molar-refractivity contribution < 1.29 is 90.7 Å². The normalized spacial score (nSPS) is 18.1. The number of hydrogen-bond donors (Lipinski definition) is 9. The van der Waals surface area contributed by atoms with Gasteiger partial charge in [0.1, 0.15) is 19.8 Å². The number of carbonyl (C=O) groups is 6. The summed E-state index contributed by atoms with van der Waals surface area (Å²) in [5, 5.41) is 65.9. The number of amides is 3. The van der Waals surface area contributed by atoms with Crippen molar-refractivity contribution in [3.8, 4) is 34.5 Å². The molecule has 49 heavy (non-hydrogen) atoms. The van der Waals surface area contributed by atoms with E-state index in [1.165, 1.54) is 18.2 Å². The van der Waals surface area contributed by atoms with Crippen LogP contribution in [-0.4, -0.2) is 104 Å². The predicted octanol–water partition coefficient (Wildman–Crippen LogP) is -0.744. The first-order chi connectivity index (χ1) is 22.8. The van der Waals surface area contributed by atoms with Crippen molar-refractivity contribution in [2.24, 2.45) is 0 Å². The van der Waals surface area contributed by atoms with Crippen molar-refractivity contribution >= 4 is 35.6 Å². The van der Waals surface area contributed by atoms with Crippen LogP contribution in [-0.2, 0) is 45.7 Å². The minimum absolute atomic E-state index is 0. The van der Waals surface area contributed by atoms with Gasteiger partial charge in [-0.15, -0.1) is 0 Å². The number of hydrogen-bond acceptors (Lipinski definition) is 15. The number of rotatable bonds is 6. The van der Waals surface area contributed by atoms with Crippen LogP contribution in [0, 0.1) is 0 Å². The van der Waals surface area contributed by atoms with Crippen molar-refractivity contribution in [2.45, 2.75) is 18.1 Å². The van der Waals surface area contributed by atoms with Gasteiger partial charge in [-0.2, -0.15) is 0 Å². The second kappa shape index (κ2) is 16.1. The molecular weight excluding hydrogens is 698 g/mol. The summed E-state index contributed by atoms with van der Waals surface area (Å²) in [5.74, 6) is -11.9. The van der Waals surface area contributed by atoms with Crippen LogP contribution in [0.15, 0.2) is 54.6 Å². The molecule has 1 aliphatic heterocycles. The van der Waals surface area contributed by atoms with E-state index in [2.05, 4.69) is 16.0 Å². The van der Waals surface area contributed by atoms with Crippen LogP contribution in [0.25, 0.3) is 0 Å². The number of phenolic OH excluding ortho intramolecular Hbond substituents is 6. The molecule has 1 fully saturated rings. The number of benzene rings is 3. The summed E-state index contributed by atoms with van der Waals surface area (Å²) in [4.78, 5) is 77.9. The van der Waals surface area contributed by atoms with Gasteiger partial charge in [-0.1, -0.05) is 18.2 Å². The standard InChI is InChI=1S/C30H27N3O15.Fe/c34-19-7-1-4-13(22(19)37)25(40)31-16-10-46-29(44)18(33-27(42)15-6-3-9-21(36)24(15)39)12-48-30(45)17(11-47-28(16)43)32-26(41)14-5-2-8-20(35)23(14)38;/h1-9,16-18,34-39H,10-12H2,(H,31,40)(H,32,41)(H,33,42);/q;+3/t16-,17-,18-;/m0./s1. The Hall–Kier alpha value is -6.20. The Kier molecular flexibility index (Phi) is 12.2. The quantitative estimate of drug-likeness (QED) is 0.0655. The van der Waals surface area contributed by atoms with E-state index in [4.69, 9.17) is 14.2 Å². The van der Waals surface area contributed by atoms with Crippen LogP contribution in [0.3, 0.4) is 0 Å². The van der Waals surface area contributed by atoms with Gasteiger partial charge in [0, 0.05) is 0 Å². The van der Waals surface area contributed by atoms with E-state index in [1.54, 1.807) is 0 Å². The SMILES string of the molecule is O=C(N[C@H]1COC(=O)[C@@H](NC(=O)c2cccc(O)c2O)COC(=O)[C@@H](NC(=O)c2cccc(O)c2O)COC1=O)c1cccc(O)c1O.[Fe+3]. The maximum atomic E-state index is 13.1. The van der Waals surface area contributed by atoms with E-state index in [9.17, 15) is 59.4 Å². The van der Waals surface area contributed by atoms with E-state index >= 15 is 0 Å². The second-order valence-corrected chi connectivity index (χ2v) is 9.99. The Morgan fingerprint density at radius 3 is 0.980 bits per heavy atom. The average Bonchev–Trinajstić information content (AvgIpc) is 3.05. The zero-order valence-corrected chi connectivity index (χ0v) is 25.9. The van der Waals surface area contributed by atoms with E-state index in [1.807, 2.05) is 0 Å². The first kappa shape index (κ1) is 37.3. The van der Waals surface area contributed by atoms with Gasteiger partial charge in [-0.25, -0.2) is 14.4 Å². The van der Waals surface area contributed by atoms with Gasteiger partial charge in [0.25, 0.3) is 17.7 Å². The summed E-state index contributed by atoms with van der Waals surface area (Å²) < 4.78 is 15.3. The summed E-state index contributed by atoms with van der Waals surface area (Å²) in [5.41, 5.74) is -1.47. The monoisotopic (exact) mass is 725 g/mol. The van der Waals surface area contributed by atoms with Gasteiger partial charge in [0.2, 0.25) is 0 Å². The topological polar surface area (TPSA) is 288 Å². The van der Waals surface area contributed by atoms with E-state index in [0.29, 0.717) is 0 Å². The van der Waals surface area contributed by atoms with Crippen molar-refractivity contribution in [1.29, 1.82) is 0 Å². The largest absolute Gasteiger partial charge is 3.00 e. The molecule has 3 aromatic carbocycles. The molecule has 3 aromatic rings. The molecule has 0 spiro atoms. The number of aromatic hydroxyl groups is 6. The third-order valence-corrected chi connectivity index (χ3v) is 6.72. The van der Waals surface area contributed by atoms with Gasteiger partial charge in [0.05, 0.1) is 16.7 Å².